The van der Waals surface area contributed by atoms with Crippen molar-refractivity contribution in [2.24, 2.45) is 0 Å². The Hall–Kier alpha value is -2.43. The summed E-state index contributed by atoms with van der Waals surface area (Å²) in [6.07, 6.45) is 2.41. The molecule has 1 N–H and O–H groups in total. The zero-order valence-corrected chi connectivity index (χ0v) is 14.3. The summed E-state index contributed by atoms with van der Waals surface area (Å²) in [6, 6.07) is 5.30. The van der Waals surface area contributed by atoms with E-state index in [4.69, 9.17) is 0 Å². The maximum atomic E-state index is 12.7. The molecule has 2 heterocycles. The van der Waals surface area contributed by atoms with E-state index in [9.17, 15) is 9.59 Å². The van der Waals surface area contributed by atoms with Gasteiger partial charge in [-0.15, -0.1) is 0 Å². The van der Waals surface area contributed by atoms with Gasteiger partial charge in [0.15, 0.2) is 5.43 Å². The van der Waals surface area contributed by atoms with Crippen molar-refractivity contribution in [3.8, 4) is 0 Å². The van der Waals surface area contributed by atoms with Gasteiger partial charge in [-0.1, -0.05) is 6.07 Å². The molecule has 2 rings (SSSR count). The number of aromatic amines is 1. The van der Waals surface area contributed by atoms with Crippen molar-refractivity contribution in [1.29, 1.82) is 0 Å². The third kappa shape index (κ3) is 3.67. The number of rotatable bonds is 4. The van der Waals surface area contributed by atoms with Crippen molar-refractivity contribution in [3.05, 3.63) is 62.8 Å². The zero-order valence-electron chi connectivity index (χ0n) is 14.3. The van der Waals surface area contributed by atoms with Crippen LogP contribution in [0.25, 0.3) is 0 Å². The average Bonchev–Trinajstić information content (AvgIpc) is 2.47. The van der Waals surface area contributed by atoms with E-state index in [1.807, 2.05) is 26.0 Å². The van der Waals surface area contributed by atoms with Crippen molar-refractivity contribution < 1.29 is 4.79 Å². The van der Waals surface area contributed by atoms with Gasteiger partial charge < -0.3 is 9.88 Å². The van der Waals surface area contributed by atoms with Crippen LogP contribution in [0.15, 0.2) is 29.2 Å². The highest BCUT2D eigenvalue weighted by Crippen LogP contribution is 2.12. The predicted molar refractivity (Wildman–Crippen MR) is 90.8 cm³/mol. The molecule has 0 spiro atoms. The molecule has 1 atom stereocenters. The molecule has 2 aromatic heterocycles. The maximum absolute atomic E-state index is 12.7. The number of nitrogens with zero attached hydrogens (tertiary/aromatic N) is 2. The number of likely N-dealkylation sites (N-methyl/N-ethyl adjacent to an activating group) is 1. The Morgan fingerprint density at radius 3 is 2.65 bits per heavy atom. The Labute approximate surface area is 136 Å². The number of aryl methyl sites for hydroxylation is 3. The molecule has 122 valence electrons. The standard InChI is InChI=1S/C18H23N3O2/c1-11-7-6-8-19-15(11)10-13(3)21(5)18(23)17-14(4)20-12(2)9-16(17)22/h6-9,13H,10H2,1-5H3,(H,20,22). The predicted octanol–water partition coefficient (Wildman–Crippen LogP) is 2.40. The molecule has 0 aromatic carbocycles. The molecule has 1 amide bonds. The molecule has 2 aromatic rings. The van der Waals surface area contributed by atoms with Crippen LogP contribution in [0.2, 0.25) is 0 Å². The number of aromatic nitrogens is 2. The van der Waals surface area contributed by atoms with Gasteiger partial charge in [0.05, 0.1) is 0 Å². The number of amides is 1. The highest BCUT2D eigenvalue weighted by atomic mass is 16.2. The van der Waals surface area contributed by atoms with E-state index in [0.717, 1.165) is 17.0 Å². The van der Waals surface area contributed by atoms with E-state index in [-0.39, 0.29) is 22.9 Å². The number of carbonyl (C=O) groups is 1. The smallest absolute Gasteiger partial charge is 0.259 e. The SMILES string of the molecule is Cc1cc(=O)c(C(=O)N(C)C(C)Cc2ncccc2C)c(C)[nH]1. The van der Waals surface area contributed by atoms with E-state index >= 15 is 0 Å². The minimum Gasteiger partial charge on any atom is -0.362 e. The van der Waals surface area contributed by atoms with Crippen LogP contribution in [0.4, 0.5) is 0 Å². The highest BCUT2D eigenvalue weighted by molar-refractivity contribution is 5.95. The first kappa shape index (κ1) is 16.9. The van der Waals surface area contributed by atoms with Crippen LogP contribution >= 0.6 is 0 Å². The van der Waals surface area contributed by atoms with Crippen LogP contribution < -0.4 is 5.43 Å². The van der Waals surface area contributed by atoms with Crippen LogP contribution in [-0.4, -0.2) is 33.9 Å². The third-order valence-corrected chi connectivity index (χ3v) is 4.16. The van der Waals surface area contributed by atoms with Gasteiger partial charge in [-0.3, -0.25) is 14.6 Å². The van der Waals surface area contributed by atoms with Crippen molar-refractivity contribution in [2.45, 2.75) is 40.2 Å². The number of pyridine rings is 2. The molecule has 0 fully saturated rings. The molecule has 5 nitrogen and oxygen atoms in total. The first-order valence-corrected chi connectivity index (χ1v) is 7.69. The summed E-state index contributed by atoms with van der Waals surface area (Å²) in [5, 5.41) is 0. The van der Waals surface area contributed by atoms with Crippen LogP contribution in [-0.2, 0) is 6.42 Å². The molecule has 0 saturated heterocycles. The van der Waals surface area contributed by atoms with E-state index < -0.39 is 0 Å². The van der Waals surface area contributed by atoms with Crippen molar-refractivity contribution >= 4 is 5.91 Å². The zero-order chi connectivity index (χ0) is 17.1. The van der Waals surface area contributed by atoms with E-state index in [1.54, 1.807) is 32.0 Å². The lowest BCUT2D eigenvalue weighted by atomic mass is 10.1. The molecule has 0 aliphatic heterocycles. The van der Waals surface area contributed by atoms with Gasteiger partial charge in [-0.05, 0) is 39.3 Å². The van der Waals surface area contributed by atoms with Gasteiger partial charge in [0, 0.05) is 48.9 Å². The molecule has 0 radical (unpaired) electrons. The molecule has 1 unspecified atom stereocenters. The summed E-state index contributed by atoms with van der Waals surface area (Å²) < 4.78 is 0. The Morgan fingerprint density at radius 2 is 2.04 bits per heavy atom. The summed E-state index contributed by atoms with van der Waals surface area (Å²) >= 11 is 0. The fourth-order valence-corrected chi connectivity index (χ4v) is 2.64. The van der Waals surface area contributed by atoms with Crippen LogP contribution in [0.5, 0.6) is 0 Å². The summed E-state index contributed by atoms with van der Waals surface area (Å²) in [4.78, 5) is 33.9. The van der Waals surface area contributed by atoms with Gasteiger partial charge >= 0.3 is 0 Å². The normalized spacial score (nSPS) is 12.0. The Kier molecular flexibility index (Phi) is 4.98. The fraction of sp³-hybridized carbons (Fsp3) is 0.389. The van der Waals surface area contributed by atoms with Crippen LogP contribution in [0.1, 0.15) is 39.9 Å². The molecule has 0 bridgehead atoms. The fourth-order valence-electron chi connectivity index (χ4n) is 2.64. The lowest BCUT2D eigenvalue weighted by molar-refractivity contribution is 0.0740. The molecule has 0 aliphatic rings. The van der Waals surface area contributed by atoms with E-state index in [1.165, 1.54) is 6.07 Å². The lowest BCUT2D eigenvalue weighted by Gasteiger charge is -2.25. The Balaban J connectivity index is 2.23. The minimum atomic E-state index is -0.259. The second kappa shape index (κ2) is 6.77. The van der Waals surface area contributed by atoms with Crippen molar-refractivity contribution in [1.82, 2.24) is 14.9 Å². The van der Waals surface area contributed by atoms with Gasteiger partial charge in [0.1, 0.15) is 5.56 Å². The van der Waals surface area contributed by atoms with Gasteiger partial charge in [-0.2, -0.15) is 0 Å². The number of nitrogens with one attached hydrogen (secondary N) is 1. The quantitative estimate of drug-likeness (QED) is 0.942. The first-order chi connectivity index (χ1) is 10.8. The summed E-state index contributed by atoms with van der Waals surface area (Å²) in [6.45, 7) is 7.53. The summed E-state index contributed by atoms with van der Waals surface area (Å²) in [7, 11) is 1.73. The summed E-state index contributed by atoms with van der Waals surface area (Å²) in [5.74, 6) is -0.259. The molecule has 5 heteroatoms. The van der Waals surface area contributed by atoms with Crippen LogP contribution in [0.3, 0.4) is 0 Å². The Bertz CT molecular complexity index is 780. The minimum absolute atomic E-state index is 0.0591. The molecular formula is C18H23N3O2. The van der Waals surface area contributed by atoms with Crippen LogP contribution in [0, 0.1) is 20.8 Å². The second-order valence-corrected chi connectivity index (χ2v) is 6.05. The highest BCUT2D eigenvalue weighted by Gasteiger charge is 2.23. The second-order valence-electron chi connectivity index (χ2n) is 6.05. The van der Waals surface area contributed by atoms with E-state index in [0.29, 0.717) is 12.1 Å². The third-order valence-electron chi connectivity index (χ3n) is 4.16. The number of carbonyl (C=O) groups excluding carboxylic acids is 1. The topological polar surface area (TPSA) is 66.1 Å². The first-order valence-electron chi connectivity index (χ1n) is 7.69. The number of H-pyrrole nitrogens is 1. The molecule has 0 aliphatic carbocycles. The molecule has 23 heavy (non-hydrogen) atoms. The van der Waals surface area contributed by atoms with Gasteiger partial charge in [0.2, 0.25) is 0 Å². The van der Waals surface area contributed by atoms with E-state index in [2.05, 4.69) is 9.97 Å². The van der Waals surface area contributed by atoms with Gasteiger partial charge in [0.25, 0.3) is 5.91 Å². The number of hydrogen-bond acceptors (Lipinski definition) is 3. The average molecular weight is 313 g/mol. The number of hydrogen-bond donors (Lipinski definition) is 1. The molecular weight excluding hydrogens is 290 g/mol. The summed E-state index contributed by atoms with van der Waals surface area (Å²) in [5.41, 5.74) is 3.40. The molecule has 0 saturated carbocycles. The van der Waals surface area contributed by atoms with Crippen molar-refractivity contribution in [2.75, 3.05) is 7.05 Å². The Morgan fingerprint density at radius 1 is 1.35 bits per heavy atom. The van der Waals surface area contributed by atoms with Crippen molar-refractivity contribution in [3.63, 3.8) is 0 Å². The largest absolute Gasteiger partial charge is 0.362 e. The lowest BCUT2D eigenvalue weighted by Crippen LogP contribution is -2.39. The monoisotopic (exact) mass is 313 g/mol. The van der Waals surface area contributed by atoms with Gasteiger partial charge in [-0.25, -0.2) is 0 Å². The maximum Gasteiger partial charge on any atom is 0.259 e.